The van der Waals surface area contributed by atoms with E-state index in [9.17, 15) is 9.90 Å². The summed E-state index contributed by atoms with van der Waals surface area (Å²) in [4.78, 5) is 18.9. The molecule has 2 heterocycles. The summed E-state index contributed by atoms with van der Waals surface area (Å²) < 4.78 is 0. The maximum Gasteiger partial charge on any atom is 0.162 e. The van der Waals surface area contributed by atoms with Gasteiger partial charge in [0.15, 0.2) is 5.78 Å². The first-order chi connectivity index (χ1) is 21.8. The number of ketones is 1. The van der Waals surface area contributed by atoms with Crippen molar-refractivity contribution >= 4 is 44.4 Å². The van der Waals surface area contributed by atoms with Gasteiger partial charge < -0.3 is 10.0 Å². The van der Waals surface area contributed by atoms with Gasteiger partial charge in [-0.05, 0) is 77.9 Å². The number of allylic oxidation sites excluding steroid dienone is 2. The maximum atomic E-state index is 11.7. The smallest absolute Gasteiger partial charge is 0.162 e. The van der Waals surface area contributed by atoms with Crippen LogP contribution in [0.25, 0.3) is 32.8 Å². The molecule has 46 heavy (non-hydrogen) atoms. The van der Waals surface area contributed by atoms with E-state index in [0.717, 1.165) is 53.7 Å². The van der Waals surface area contributed by atoms with Gasteiger partial charge >= 0.3 is 0 Å². The van der Waals surface area contributed by atoms with Crippen LogP contribution < -0.4 is 4.90 Å². The zero-order chi connectivity index (χ0) is 32.1. The molecule has 0 fully saturated rings. The Labute approximate surface area is 287 Å². The maximum absolute atomic E-state index is 11.7. The molecule has 6 rings (SSSR count). The molecule has 0 saturated carbocycles. The van der Waals surface area contributed by atoms with E-state index in [-0.39, 0.29) is 43.5 Å². The van der Waals surface area contributed by atoms with Crippen molar-refractivity contribution in [1.82, 2.24) is 4.98 Å². The molecular weight excluding hydrogens is 745 g/mol. The van der Waals surface area contributed by atoms with Crippen LogP contribution in [0.15, 0.2) is 96.9 Å². The summed E-state index contributed by atoms with van der Waals surface area (Å²) in [6, 6.07) is 31.8. The van der Waals surface area contributed by atoms with Crippen LogP contribution in [0.5, 0.6) is 0 Å². The Morgan fingerprint density at radius 2 is 1.48 bits per heavy atom. The molecule has 241 valence electrons. The van der Waals surface area contributed by atoms with Crippen LogP contribution in [0, 0.1) is 17.9 Å². The number of hydrogen-bond donors (Lipinski definition) is 1. The number of para-hydroxylation sites is 1. The minimum absolute atomic E-state index is 0. The Kier molecular flexibility index (Phi) is 11.9. The van der Waals surface area contributed by atoms with E-state index in [0.29, 0.717) is 5.92 Å². The number of aliphatic hydroxyl groups excluding tert-OH is 1. The van der Waals surface area contributed by atoms with Crippen molar-refractivity contribution < 1.29 is 30.0 Å². The fraction of sp³-hybridized carbons (Fsp3) is 0.317. The van der Waals surface area contributed by atoms with Crippen LogP contribution >= 0.6 is 0 Å². The molecule has 0 unspecified atom stereocenters. The van der Waals surface area contributed by atoms with Crippen molar-refractivity contribution in [1.29, 1.82) is 0 Å². The van der Waals surface area contributed by atoms with Gasteiger partial charge in [-0.2, -0.15) is 0 Å². The van der Waals surface area contributed by atoms with Gasteiger partial charge in [-0.3, -0.25) is 9.78 Å². The number of carbonyl (C=O) groups is 1. The molecule has 0 amide bonds. The SMILES string of the molecule is CC(C)c1cc2c3c(nccc3c1)-c1[c-]c3ccccc3cc1N2c1ccccc1.CCC(CC)C(=O)/C=C(\O)C(CC)CC.[Ir]. The predicted molar refractivity (Wildman–Crippen MR) is 190 cm³/mol. The molecule has 1 aromatic heterocycles. The Hall–Kier alpha value is -3.79. The van der Waals surface area contributed by atoms with Crippen molar-refractivity contribution in [2.45, 2.75) is 73.1 Å². The summed E-state index contributed by atoms with van der Waals surface area (Å²) >= 11 is 0. The normalized spacial score (nSPS) is 12.3. The molecule has 0 atom stereocenters. The van der Waals surface area contributed by atoms with Gasteiger partial charge in [0, 0.05) is 61.3 Å². The molecular formula is C41H45IrN2O2-. The number of fused-ring (bicyclic) bond motifs is 3. The molecule has 1 aliphatic rings. The summed E-state index contributed by atoms with van der Waals surface area (Å²) in [5.41, 5.74) is 6.90. The molecule has 1 N–H and O–H groups in total. The van der Waals surface area contributed by atoms with Gasteiger partial charge in [-0.25, -0.2) is 0 Å². The fourth-order valence-corrected chi connectivity index (χ4v) is 6.29. The van der Waals surface area contributed by atoms with E-state index < -0.39 is 0 Å². The number of pyridine rings is 1. The summed E-state index contributed by atoms with van der Waals surface area (Å²) in [6.45, 7) is 12.6. The van der Waals surface area contributed by atoms with Crippen molar-refractivity contribution in [2.75, 3.05) is 4.90 Å². The molecule has 5 heteroatoms. The Bertz CT molecular complexity index is 1820. The third kappa shape index (κ3) is 7.12. The Morgan fingerprint density at radius 3 is 2.13 bits per heavy atom. The second-order valence-electron chi connectivity index (χ2n) is 12.2. The molecule has 4 nitrogen and oxygen atoms in total. The second kappa shape index (κ2) is 15.7. The first-order valence-corrected chi connectivity index (χ1v) is 16.5. The van der Waals surface area contributed by atoms with Crippen LogP contribution in [0.3, 0.4) is 0 Å². The molecule has 5 aromatic rings. The Morgan fingerprint density at radius 1 is 0.826 bits per heavy atom. The molecule has 1 aliphatic heterocycles. The average Bonchev–Trinajstić information content (AvgIpc) is 3.06. The van der Waals surface area contributed by atoms with Gasteiger partial charge in [0.2, 0.25) is 0 Å². The van der Waals surface area contributed by atoms with Gasteiger partial charge in [0.1, 0.15) is 0 Å². The number of anilines is 3. The third-order valence-corrected chi connectivity index (χ3v) is 9.12. The third-order valence-electron chi connectivity index (χ3n) is 9.12. The quantitative estimate of drug-likeness (QED) is 0.0900. The number of nitrogens with zero attached hydrogens (tertiary/aromatic N) is 2. The zero-order valence-electron chi connectivity index (χ0n) is 27.8. The zero-order valence-corrected chi connectivity index (χ0v) is 30.2. The molecule has 0 aliphatic carbocycles. The average molecular weight is 790 g/mol. The van der Waals surface area contributed by atoms with E-state index in [1.165, 1.54) is 33.5 Å². The summed E-state index contributed by atoms with van der Waals surface area (Å²) in [5, 5.41) is 14.5. The summed E-state index contributed by atoms with van der Waals surface area (Å²) in [6.07, 6.45) is 6.83. The van der Waals surface area contributed by atoms with E-state index in [4.69, 9.17) is 4.98 Å². The Balaban J connectivity index is 0.000000259. The number of hydrogen-bond acceptors (Lipinski definition) is 4. The number of aromatic nitrogens is 1. The first kappa shape index (κ1) is 35.1. The minimum Gasteiger partial charge on any atom is -0.512 e. The number of aliphatic hydroxyl groups is 1. The van der Waals surface area contributed by atoms with Crippen molar-refractivity contribution in [3.05, 3.63) is 109 Å². The van der Waals surface area contributed by atoms with Gasteiger partial charge in [-0.15, -0.1) is 17.5 Å². The van der Waals surface area contributed by atoms with Crippen LogP contribution in [-0.2, 0) is 24.9 Å². The first-order valence-electron chi connectivity index (χ1n) is 16.5. The fourth-order valence-electron chi connectivity index (χ4n) is 6.29. The van der Waals surface area contributed by atoms with Crippen LogP contribution in [0.4, 0.5) is 17.1 Å². The molecule has 0 spiro atoms. The standard InChI is InChI=1S/C28H21N2.C13H24O2.Ir/c1-18(2)22-14-21-12-13-29-28-24-15-19-8-6-7-9-20(19)16-25(24)30(26(17-22)27(21)28)23-10-4-3-5-11-23;1-5-10(6-2)12(14)9-13(15)11(7-3)8-4;/h3-14,16-18H,1-2H3;9-11,14H,5-8H2,1-4H3;/q-1;;/b;12-9-;. The summed E-state index contributed by atoms with van der Waals surface area (Å²) in [5.74, 6) is 0.996. The van der Waals surface area contributed by atoms with Crippen molar-refractivity contribution in [3.63, 3.8) is 0 Å². The number of carbonyl (C=O) groups excluding carboxylic acids is 1. The number of benzene rings is 4. The topological polar surface area (TPSA) is 53.4 Å². The molecule has 4 aromatic carbocycles. The largest absolute Gasteiger partial charge is 0.512 e. The predicted octanol–water partition coefficient (Wildman–Crippen LogP) is 11.6. The number of rotatable bonds is 9. The van der Waals surface area contributed by atoms with Crippen LogP contribution in [0.2, 0.25) is 0 Å². The van der Waals surface area contributed by atoms with E-state index in [1.54, 1.807) is 0 Å². The van der Waals surface area contributed by atoms with E-state index >= 15 is 0 Å². The monoisotopic (exact) mass is 790 g/mol. The van der Waals surface area contributed by atoms with Gasteiger partial charge in [0.05, 0.1) is 5.76 Å². The molecule has 0 bridgehead atoms. The van der Waals surface area contributed by atoms with Gasteiger partial charge in [-0.1, -0.05) is 101 Å². The second-order valence-corrected chi connectivity index (χ2v) is 12.2. The van der Waals surface area contributed by atoms with E-state index in [2.05, 4.69) is 104 Å². The molecule has 0 saturated heterocycles. The van der Waals surface area contributed by atoms with Crippen LogP contribution in [0.1, 0.15) is 78.7 Å². The van der Waals surface area contributed by atoms with Crippen LogP contribution in [-0.4, -0.2) is 15.9 Å². The van der Waals surface area contributed by atoms with Crippen molar-refractivity contribution in [2.24, 2.45) is 11.8 Å². The van der Waals surface area contributed by atoms with Gasteiger partial charge in [0.25, 0.3) is 0 Å². The minimum atomic E-state index is 0. The molecule has 1 radical (unpaired) electrons. The summed E-state index contributed by atoms with van der Waals surface area (Å²) in [7, 11) is 0. The van der Waals surface area contributed by atoms with Crippen molar-refractivity contribution in [3.8, 4) is 11.3 Å². The van der Waals surface area contributed by atoms with E-state index in [1.807, 2.05) is 33.9 Å².